The van der Waals surface area contributed by atoms with Gasteiger partial charge in [-0.2, -0.15) is 5.26 Å². The Morgan fingerprint density at radius 3 is 1.66 bits per heavy atom. The molecule has 5 aromatic carbocycles. The minimum Gasteiger partial charge on any atom is -0.309 e. The summed E-state index contributed by atoms with van der Waals surface area (Å²) < 4.78 is 0. The normalized spacial score (nSPS) is 13.1. The Morgan fingerprint density at radius 1 is 0.658 bits per heavy atom. The van der Waals surface area contributed by atoms with Gasteiger partial charge in [0.05, 0.1) is 23.9 Å². The number of para-hydroxylation sites is 3. The van der Waals surface area contributed by atoms with Gasteiger partial charge >= 0.3 is 0 Å². The third-order valence-corrected chi connectivity index (χ3v) is 11.1. The zero-order valence-corrected chi connectivity index (χ0v) is 22.3. The molecule has 0 saturated heterocycles. The highest BCUT2D eigenvalue weighted by Crippen LogP contribution is 2.47. The van der Waals surface area contributed by atoms with E-state index < -0.39 is 8.07 Å². The number of nitrogens with zero attached hydrogens (tertiary/aromatic N) is 3. The van der Waals surface area contributed by atoms with Gasteiger partial charge in [0.25, 0.3) is 0 Å². The zero-order chi connectivity index (χ0) is 26.3. The molecule has 0 atom stereocenters. The SMILES string of the molecule is [C-]#[N+]c1ccc(-c2cccc(-c3ccc(C#N)cc3)c2N2c3ccccc3[Si](C)(C)c3ccccc32)cc1. The van der Waals surface area contributed by atoms with E-state index in [4.69, 9.17) is 6.57 Å². The molecule has 0 spiro atoms. The van der Waals surface area contributed by atoms with E-state index in [1.54, 1.807) is 0 Å². The molecule has 180 valence electrons. The van der Waals surface area contributed by atoms with Crippen LogP contribution < -0.4 is 15.3 Å². The van der Waals surface area contributed by atoms with Crippen LogP contribution in [-0.4, -0.2) is 8.07 Å². The topological polar surface area (TPSA) is 31.4 Å². The van der Waals surface area contributed by atoms with Gasteiger partial charge in [0, 0.05) is 22.5 Å². The van der Waals surface area contributed by atoms with Crippen LogP contribution in [0.15, 0.2) is 115 Å². The summed E-state index contributed by atoms with van der Waals surface area (Å²) >= 11 is 0. The molecule has 0 fully saturated rings. The second kappa shape index (κ2) is 9.20. The lowest BCUT2D eigenvalue weighted by atomic mass is 9.93. The average Bonchev–Trinajstić information content (AvgIpc) is 2.97. The van der Waals surface area contributed by atoms with Gasteiger partial charge in [-0.05, 0) is 45.8 Å². The van der Waals surface area contributed by atoms with Gasteiger partial charge < -0.3 is 4.90 Å². The van der Waals surface area contributed by atoms with Gasteiger partial charge in [-0.25, -0.2) is 4.85 Å². The highest BCUT2D eigenvalue weighted by Gasteiger charge is 2.39. The van der Waals surface area contributed by atoms with Crippen LogP contribution in [0.25, 0.3) is 27.1 Å². The summed E-state index contributed by atoms with van der Waals surface area (Å²) in [5.74, 6) is 0. The van der Waals surface area contributed by atoms with Gasteiger partial charge in [0.15, 0.2) is 5.69 Å². The van der Waals surface area contributed by atoms with Gasteiger partial charge in [0.1, 0.15) is 8.07 Å². The van der Waals surface area contributed by atoms with Crippen LogP contribution in [0.1, 0.15) is 5.56 Å². The number of hydrogen-bond donors (Lipinski definition) is 0. The highest BCUT2D eigenvalue weighted by molar-refractivity contribution is 7.02. The van der Waals surface area contributed by atoms with Crippen molar-refractivity contribution in [3.05, 3.63) is 132 Å². The number of fused-ring (bicyclic) bond motifs is 2. The molecule has 0 amide bonds. The summed E-state index contributed by atoms with van der Waals surface area (Å²) in [4.78, 5) is 6.02. The van der Waals surface area contributed by atoms with Crippen LogP contribution in [0.5, 0.6) is 0 Å². The molecular weight excluding hydrogens is 478 g/mol. The van der Waals surface area contributed by atoms with E-state index >= 15 is 0 Å². The molecule has 0 unspecified atom stereocenters. The third-order valence-electron chi connectivity index (χ3n) is 7.53. The van der Waals surface area contributed by atoms with Crippen molar-refractivity contribution in [3.8, 4) is 28.3 Å². The lowest BCUT2D eigenvalue weighted by Gasteiger charge is -2.42. The third kappa shape index (κ3) is 3.71. The first kappa shape index (κ1) is 23.5. The first-order chi connectivity index (χ1) is 18.5. The van der Waals surface area contributed by atoms with Gasteiger partial charge in [0.2, 0.25) is 0 Å². The molecule has 1 aliphatic heterocycles. The van der Waals surface area contributed by atoms with E-state index in [0.29, 0.717) is 11.3 Å². The predicted molar refractivity (Wildman–Crippen MR) is 160 cm³/mol. The van der Waals surface area contributed by atoms with Crippen molar-refractivity contribution in [1.82, 2.24) is 0 Å². The summed E-state index contributed by atoms with van der Waals surface area (Å²) in [5, 5.41) is 12.2. The van der Waals surface area contributed by atoms with E-state index in [1.807, 2.05) is 48.5 Å². The second-order valence-electron chi connectivity index (χ2n) is 10.0. The van der Waals surface area contributed by atoms with Crippen molar-refractivity contribution in [1.29, 1.82) is 5.26 Å². The molecule has 5 aromatic rings. The first-order valence-corrected chi connectivity index (χ1v) is 15.6. The maximum Gasteiger partial charge on any atom is 0.187 e. The van der Waals surface area contributed by atoms with Crippen molar-refractivity contribution < 1.29 is 0 Å². The number of benzene rings is 5. The summed E-state index contributed by atoms with van der Waals surface area (Å²) in [6.45, 7) is 12.3. The largest absolute Gasteiger partial charge is 0.309 e. The lowest BCUT2D eigenvalue weighted by molar-refractivity contribution is 1.28. The number of hydrogen-bond acceptors (Lipinski definition) is 2. The molecule has 1 heterocycles. The van der Waals surface area contributed by atoms with Crippen molar-refractivity contribution >= 4 is 41.2 Å². The van der Waals surface area contributed by atoms with E-state index in [0.717, 1.165) is 27.9 Å². The molecule has 3 nitrogen and oxygen atoms in total. The molecule has 0 aliphatic carbocycles. The smallest absolute Gasteiger partial charge is 0.187 e. The summed E-state index contributed by atoms with van der Waals surface area (Å²) in [6, 6.07) is 41.9. The average molecular weight is 504 g/mol. The summed E-state index contributed by atoms with van der Waals surface area (Å²) in [7, 11) is -1.94. The minimum absolute atomic E-state index is 0.625. The van der Waals surface area contributed by atoms with Crippen LogP contribution in [0.3, 0.4) is 0 Å². The monoisotopic (exact) mass is 503 g/mol. The second-order valence-corrected chi connectivity index (χ2v) is 14.4. The summed E-state index contributed by atoms with van der Waals surface area (Å²) in [6.07, 6.45) is 0. The Hall–Kier alpha value is -4.90. The van der Waals surface area contributed by atoms with Crippen LogP contribution in [0, 0.1) is 17.9 Å². The molecule has 0 N–H and O–H groups in total. The first-order valence-electron chi connectivity index (χ1n) is 12.6. The fraction of sp³-hybridized carbons (Fsp3) is 0.0588. The van der Waals surface area contributed by atoms with E-state index in [2.05, 4.69) is 95.6 Å². The maximum absolute atomic E-state index is 9.39. The Labute approximate surface area is 224 Å². The molecule has 6 rings (SSSR count). The van der Waals surface area contributed by atoms with Gasteiger partial charge in [-0.15, -0.1) is 0 Å². The molecule has 4 heteroatoms. The Balaban J connectivity index is 1.70. The fourth-order valence-corrected chi connectivity index (χ4v) is 8.59. The lowest BCUT2D eigenvalue weighted by Crippen LogP contribution is -2.58. The molecular formula is C34H25N3Si. The molecule has 0 saturated carbocycles. The molecule has 0 bridgehead atoms. The van der Waals surface area contributed by atoms with Crippen molar-refractivity contribution in [3.63, 3.8) is 0 Å². The van der Waals surface area contributed by atoms with E-state index in [9.17, 15) is 5.26 Å². The Kier molecular flexibility index (Phi) is 5.69. The van der Waals surface area contributed by atoms with E-state index in [-0.39, 0.29) is 0 Å². The molecule has 1 aliphatic rings. The molecule has 0 aromatic heterocycles. The van der Waals surface area contributed by atoms with Crippen molar-refractivity contribution in [2.24, 2.45) is 0 Å². The quantitative estimate of drug-likeness (QED) is 0.184. The van der Waals surface area contributed by atoms with E-state index in [1.165, 1.54) is 21.7 Å². The molecule has 0 radical (unpaired) electrons. The molecule has 38 heavy (non-hydrogen) atoms. The number of anilines is 3. The van der Waals surface area contributed by atoms with Crippen molar-refractivity contribution in [2.45, 2.75) is 13.1 Å². The minimum atomic E-state index is -1.94. The number of nitriles is 1. The standard InChI is InChI=1S/C34H25N3Si/c1-36-27-21-19-26(20-22-27)29-10-8-9-28(25-17-15-24(23-35)16-18-25)34(29)37-30-11-4-6-13-32(30)38(2,3)33-14-7-5-12-31(33)37/h4-22H,2-3H3. The highest BCUT2D eigenvalue weighted by atomic mass is 28.3. The Bertz CT molecular complexity index is 1630. The summed E-state index contributed by atoms with van der Waals surface area (Å²) in [5.41, 5.74) is 9.07. The van der Waals surface area contributed by atoms with Crippen LogP contribution in [-0.2, 0) is 0 Å². The van der Waals surface area contributed by atoms with Crippen LogP contribution in [0.4, 0.5) is 22.7 Å². The number of rotatable bonds is 3. The van der Waals surface area contributed by atoms with Gasteiger partial charge in [-0.1, -0.05) is 104 Å². The van der Waals surface area contributed by atoms with Crippen LogP contribution in [0.2, 0.25) is 13.1 Å². The predicted octanol–water partition coefficient (Wildman–Crippen LogP) is 8.05. The maximum atomic E-state index is 9.39. The van der Waals surface area contributed by atoms with Crippen LogP contribution >= 0.6 is 0 Å². The van der Waals surface area contributed by atoms with Gasteiger partial charge in [-0.3, -0.25) is 0 Å². The zero-order valence-electron chi connectivity index (χ0n) is 21.3. The van der Waals surface area contributed by atoms with Crippen molar-refractivity contribution in [2.75, 3.05) is 4.90 Å². The fourth-order valence-electron chi connectivity index (χ4n) is 5.60. The Morgan fingerprint density at radius 2 is 1.16 bits per heavy atom.